The molecule has 0 bridgehead atoms. The summed E-state index contributed by atoms with van der Waals surface area (Å²) in [5, 5.41) is 1.25. The normalized spacial score (nSPS) is 12.5. The van der Waals surface area contributed by atoms with Gasteiger partial charge in [-0.05, 0) is 32.9 Å². The first-order chi connectivity index (χ1) is 8.74. The van der Waals surface area contributed by atoms with Crippen molar-refractivity contribution in [3.63, 3.8) is 0 Å². The molecule has 92 valence electrons. The molecule has 0 spiro atoms. The average Bonchev–Trinajstić information content (AvgIpc) is 2.71. The van der Waals surface area contributed by atoms with Gasteiger partial charge in [0.15, 0.2) is 0 Å². The lowest BCUT2D eigenvalue weighted by Gasteiger charge is -2.08. The summed E-state index contributed by atoms with van der Waals surface area (Å²) in [5.41, 5.74) is 4.86. The lowest BCUT2D eigenvalue weighted by Crippen LogP contribution is -1.96. The molecule has 1 nitrogen and oxygen atoms in total. The van der Waals surface area contributed by atoms with E-state index in [1.54, 1.807) is 0 Å². The minimum Gasteiger partial charge on any atom is -0.314 e. The van der Waals surface area contributed by atoms with Crippen LogP contribution in [-0.4, -0.2) is 4.57 Å². The van der Waals surface area contributed by atoms with Crippen LogP contribution in [0.2, 0.25) is 0 Å². The Balaban J connectivity index is 2.96. The molecule has 0 aliphatic carbocycles. The zero-order valence-corrected chi connectivity index (χ0v) is 11.3. The average molecular weight is 237 g/mol. The van der Waals surface area contributed by atoms with Crippen molar-refractivity contribution in [2.24, 2.45) is 0 Å². The molecule has 0 N–H and O–H groups in total. The fraction of sp³-hybridized carbons (Fsp3) is 0.176. The SMILES string of the molecule is C=Cc1c(/C=C\C)n(/C(C)=C/C)c2ccccc12. The van der Waals surface area contributed by atoms with E-state index in [-0.39, 0.29) is 0 Å². The van der Waals surface area contributed by atoms with Crippen LogP contribution in [0, 0.1) is 0 Å². The van der Waals surface area contributed by atoms with Crippen molar-refractivity contribution in [2.45, 2.75) is 20.8 Å². The van der Waals surface area contributed by atoms with Gasteiger partial charge in [0.2, 0.25) is 0 Å². The lowest BCUT2D eigenvalue weighted by molar-refractivity contribution is 1.12. The Bertz CT molecular complexity index is 639. The molecule has 0 unspecified atom stereocenters. The monoisotopic (exact) mass is 237 g/mol. The van der Waals surface area contributed by atoms with Gasteiger partial charge in [-0.25, -0.2) is 0 Å². The molecule has 1 heteroatoms. The fourth-order valence-corrected chi connectivity index (χ4v) is 2.33. The van der Waals surface area contributed by atoms with Gasteiger partial charge in [0.05, 0.1) is 11.2 Å². The van der Waals surface area contributed by atoms with Gasteiger partial charge in [-0.1, -0.05) is 43.0 Å². The molecule has 0 saturated carbocycles. The summed E-state index contributed by atoms with van der Waals surface area (Å²) in [5.74, 6) is 0. The van der Waals surface area contributed by atoms with Crippen LogP contribution in [0.3, 0.4) is 0 Å². The van der Waals surface area contributed by atoms with E-state index in [1.165, 1.54) is 27.9 Å². The van der Waals surface area contributed by atoms with E-state index in [0.717, 1.165) is 0 Å². The Morgan fingerprint density at radius 2 is 1.94 bits per heavy atom. The standard InChI is InChI=1S/C17H19N/c1-5-10-16-14(7-3)15-11-8-9-12-17(15)18(16)13(4)6-2/h5-12H,3H2,1-2,4H3/b10-5-,13-6+. The maximum Gasteiger partial charge on any atom is 0.0537 e. The molecule has 18 heavy (non-hydrogen) atoms. The highest BCUT2D eigenvalue weighted by Crippen LogP contribution is 2.30. The first-order valence-corrected chi connectivity index (χ1v) is 6.26. The third-order valence-electron chi connectivity index (χ3n) is 3.25. The van der Waals surface area contributed by atoms with Crippen molar-refractivity contribution in [1.29, 1.82) is 0 Å². The van der Waals surface area contributed by atoms with E-state index >= 15 is 0 Å². The van der Waals surface area contributed by atoms with Crippen LogP contribution in [0.5, 0.6) is 0 Å². The molecule has 0 saturated heterocycles. The van der Waals surface area contributed by atoms with Crippen LogP contribution in [0.15, 0.2) is 43.0 Å². The van der Waals surface area contributed by atoms with Crippen LogP contribution in [0.1, 0.15) is 32.0 Å². The second kappa shape index (κ2) is 5.09. The second-order valence-electron chi connectivity index (χ2n) is 4.29. The van der Waals surface area contributed by atoms with E-state index in [2.05, 4.69) is 67.5 Å². The Morgan fingerprint density at radius 1 is 1.22 bits per heavy atom. The summed E-state index contributed by atoms with van der Waals surface area (Å²) < 4.78 is 2.28. The Kier molecular flexibility index (Phi) is 3.52. The highest BCUT2D eigenvalue weighted by atomic mass is 15.0. The third-order valence-corrected chi connectivity index (χ3v) is 3.25. The highest BCUT2D eigenvalue weighted by molar-refractivity contribution is 5.96. The van der Waals surface area contributed by atoms with E-state index < -0.39 is 0 Å². The van der Waals surface area contributed by atoms with Crippen molar-refractivity contribution in [2.75, 3.05) is 0 Å². The predicted octanol–water partition coefficient (Wildman–Crippen LogP) is 5.20. The van der Waals surface area contributed by atoms with E-state index in [0.29, 0.717) is 0 Å². The lowest BCUT2D eigenvalue weighted by atomic mass is 10.1. The number of hydrogen-bond acceptors (Lipinski definition) is 0. The van der Waals surface area contributed by atoms with Gasteiger partial charge in [0.1, 0.15) is 0 Å². The number of allylic oxidation sites excluding steroid dienone is 3. The second-order valence-corrected chi connectivity index (χ2v) is 4.29. The van der Waals surface area contributed by atoms with Crippen molar-refractivity contribution in [1.82, 2.24) is 4.57 Å². The first-order valence-electron chi connectivity index (χ1n) is 6.26. The van der Waals surface area contributed by atoms with E-state index in [4.69, 9.17) is 0 Å². The van der Waals surface area contributed by atoms with Gasteiger partial charge in [-0.3, -0.25) is 0 Å². The minimum absolute atomic E-state index is 1.20. The summed E-state index contributed by atoms with van der Waals surface area (Å²) in [6, 6.07) is 8.46. The molecule has 1 aromatic carbocycles. The number of benzene rings is 1. The number of para-hydroxylation sites is 1. The van der Waals surface area contributed by atoms with Crippen molar-refractivity contribution < 1.29 is 0 Å². The predicted molar refractivity (Wildman–Crippen MR) is 82.4 cm³/mol. The highest BCUT2D eigenvalue weighted by Gasteiger charge is 2.13. The van der Waals surface area contributed by atoms with Crippen LogP contribution in [0.4, 0.5) is 0 Å². The first kappa shape index (κ1) is 12.4. The van der Waals surface area contributed by atoms with Gasteiger partial charge in [0, 0.05) is 16.6 Å². The van der Waals surface area contributed by atoms with Crippen LogP contribution in [0.25, 0.3) is 28.8 Å². The summed E-state index contributed by atoms with van der Waals surface area (Å²) >= 11 is 0. The third kappa shape index (κ3) is 1.82. The molecule has 2 aromatic rings. The van der Waals surface area contributed by atoms with Gasteiger partial charge < -0.3 is 4.57 Å². The minimum atomic E-state index is 1.20. The molecule has 1 aromatic heterocycles. The summed E-state index contributed by atoms with van der Waals surface area (Å²) in [7, 11) is 0. The van der Waals surface area contributed by atoms with E-state index in [1.807, 2.05) is 13.0 Å². The van der Waals surface area contributed by atoms with Gasteiger partial charge in [-0.15, -0.1) is 0 Å². The number of aromatic nitrogens is 1. The van der Waals surface area contributed by atoms with Gasteiger partial charge >= 0.3 is 0 Å². The van der Waals surface area contributed by atoms with Gasteiger partial charge in [0.25, 0.3) is 0 Å². The number of hydrogen-bond donors (Lipinski definition) is 0. The Labute approximate surface area is 109 Å². The van der Waals surface area contributed by atoms with E-state index in [9.17, 15) is 0 Å². The fourth-order valence-electron chi connectivity index (χ4n) is 2.33. The molecule has 1 heterocycles. The quantitative estimate of drug-likeness (QED) is 0.691. The van der Waals surface area contributed by atoms with Crippen LogP contribution < -0.4 is 0 Å². The molecule has 0 amide bonds. The number of rotatable bonds is 3. The molecule has 0 fully saturated rings. The molecule has 2 rings (SSSR count). The summed E-state index contributed by atoms with van der Waals surface area (Å²) in [6.07, 6.45) is 8.29. The number of fused-ring (bicyclic) bond motifs is 1. The largest absolute Gasteiger partial charge is 0.314 e. The van der Waals surface area contributed by atoms with Gasteiger partial charge in [-0.2, -0.15) is 0 Å². The zero-order valence-electron chi connectivity index (χ0n) is 11.3. The zero-order chi connectivity index (χ0) is 13.1. The molecule has 0 aliphatic heterocycles. The molecule has 0 radical (unpaired) electrons. The summed E-state index contributed by atoms with van der Waals surface area (Å²) in [4.78, 5) is 0. The van der Waals surface area contributed by atoms with Crippen molar-refractivity contribution >= 4 is 28.8 Å². The Hall–Kier alpha value is -2.02. The summed E-state index contributed by atoms with van der Waals surface area (Å²) in [6.45, 7) is 10.2. The van der Waals surface area contributed by atoms with Crippen LogP contribution in [-0.2, 0) is 0 Å². The number of nitrogens with zero attached hydrogens (tertiary/aromatic N) is 1. The molecule has 0 atom stereocenters. The Morgan fingerprint density at radius 3 is 2.56 bits per heavy atom. The van der Waals surface area contributed by atoms with Crippen molar-refractivity contribution in [3.05, 3.63) is 54.3 Å². The molecular weight excluding hydrogens is 218 g/mol. The van der Waals surface area contributed by atoms with Crippen molar-refractivity contribution in [3.8, 4) is 0 Å². The maximum absolute atomic E-state index is 3.96. The molecular formula is C17H19N. The van der Waals surface area contributed by atoms with Crippen LogP contribution >= 0.6 is 0 Å². The molecule has 0 aliphatic rings. The smallest absolute Gasteiger partial charge is 0.0537 e. The maximum atomic E-state index is 3.96. The topological polar surface area (TPSA) is 4.93 Å².